The van der Waals surface area contributed by atoms with Crippen LogP contribution >= 0.6 is 45.2 Å². The minimum absolute atomic E-state index is 0.258. The summed E-state index contributed by atoms with van der Waals surface area (Å²) in [6, 6.07) is 0. The average Bonchev–Trinajstić information content (AvgIpc) is 2.08. The van der Waals surface area contributed by atoms with Crippen molar-refractivity contribution in [1.82, 2.24) is 0 Å². The first-order valence-corrected chi connectivity index (χ1v) is 5.21. The number of halogens is 2. The third kappa shape index (κ3) is 1.43. The number of phenolic OH excluding ortho intramolecular Hbond substituents is 3. The van der Waals surface area contributed by atoms with Crippen molar-refractivity contribution in [3.8, 4) is 17.2 Å². The quantitative estimate of drug-likeness (QED) is 0.470. The normalized spacial score (nSPS) is 10.2. The number of rotatable bonds is 0. The molecule has 0 saturated carbocycles. The van der Waals surface area contributed by atoms with Crippen LogP contribution in [0.1, 0.15) is 5.56 Å². The topological polar surface area (TPSA) is 60.7 Å². The van der Waals surface area contributed by atoms with Crippen LogP contribution < -0.4 is 0 Å². The van der Waals surface area contributed by atoms with E-state index in [1.165, 1.54) is 0 Å². The molecule has 12 heavy (non-hydrogen) atoms. The first kappa shape index (κ1) is 10.2. The number of hydrogen-bond donors (Lipinski definition) is 3. The number of benzene rings is 1. The van der Waals surface area contributed by atoms with Crippen LogP contribution in [0.25, 0.3) is 0 Å². The standard InChI is InChI=1S/C7H6I2O3/c1-2-3(8)5(10)7(12)6(11)4(2)9/h10-12H,1H3. The second kappa shape index (κ2) is 3.44. The summed E-state index contributed by atoms with van der Waals surface area (Å²) >= 11 is 3.82. The first-order valence-electron chi connectivity index (χ1n) is 3.05. The van der Waals surface area contributed by atoms with Crippen LogP contribution in [0, 0.1) is 14.1 Å². The molecule has 0 amide bonds. The van der Waals surface area contributed by atoms with Crippen LogP contribution in [-0.4, -0.2) is 15.3 Å². The van der Waals surface area contributed by atoms with E-state index in [0.29, 0.717) is 7.14 Å². The molecule has 0 spiro atoms. The molecule has 0 saturated heterocycles. The van der Waals surface area contributed by atoms with Gasteiger partial charge in [-0.25, -0.2) is 0 Å². The van der Waals surface area contributed by atoms with Gasteiger partial charge in [-0.3, -0.25) is 0 Å². The SMILES string of the molecule is Cc1c(I)c(O)c(O)c(O)c1I. The van der Waals surface area contributed by atoms with E-state index < -0.39 is 5.75 Å². The second-order valence-electron chi connectivity index (χ2n) is 2.30. The lowest BCUT2D eigenvalue weighted by Crippen LogP contribution is -1.88. The smallest absolute Gasteiger partial charge is 0.202 e. The van der Waals surface area contributed by atoms with E-state index in [1.54, 1.807) is 6.92 Å². The van der Waals surface area contributed by atoms with Crippen molar-refractivity contribution in [3.63, 3.8) is 0 Å². The molecule has 0 aliphatic rings. The van der Waals surface area contributed by atoms with Gasteiger partial charge >= 0.3 is 0 Å². The molecule has 0 radical (unpaired) electrons. The molecule has 3 N–H and O–H groups in total. The molecule has 0 unspecified atom stereocenters. The van der Waals surface area contributed by atoms with Crippen molar-refractivity contribution in [2.24, 2.45) is 0 Å². The summed E-state index contributed by atoms with van der Waals surface area (Å²) in [6.45, 7) is 1.77. The lowest BCUT2D eigenvalue weighted by molar-refractivity contribution is 0.363. The van der Waals surface area contributed by atoms with Gasteiger partial charge in [-0.05, 0) is 57.7 Å². The fourth-order valence-corrected chi connectivity index (χ4v) is 2.34. The maximum atomic E-state index is 9.27. The Labute approximate surface area is 96.7 Å². The summed E-state index contributed by atoms with van der Waals surface area (Å²) in [7, 11) is 0. The Hall–Kier alpha value is 0.0800. The molecular formula is C7H6I2O3. The summed E-state index contributed by atoms with van der Waals surface area (Å²) in [6.07, 6.45) is 0. The van der Waals surface area contributed by atoms with E-state index in [1.807, 2.05) is 45.2 Å². The number of hydrogen-bond acceptors (Lipinski definition) is 3. The Kier molecular flexibility index (Phi) is 2.92. The van der Waals surface area contributed by atoms with Gasteiger partial charge < -0.3 is 15.3 Å². The van der Waals surface area contributed by atoms with E-state index in [4.69, 9.17) is 0 Å². The summed E-state index contributed by atoms with van der Waals surface area (Å²) in [4.78, 5) is 0. The zero-order valence-corrected chi connectivity index (χ0v) is 10.4. The van der Waals surface area contributed by atoms with E-state index in [0.717, 1.165) is 5.56 Å². The molecule has 1 aromatic rings. The fraction of sp³-hybridized carbons (Fsp3) is 0.143. The third-order valence-electron chi connectivity index (χ3n) is 1.52. The van der Waals surface area contributed by atoms with E-state index >= 15 is 0 Å². The van der Waals surface area contributed by atoms with E-state index in [-0.39, 0.29) is 11.5 Å². The summed E-state index contributed by atoms with van der Waals surface area (Å²) in [5.41, 5.74) is 0.768. The predicted octanol–water partition coefficient (Wildman–Crippen LogP) is 2.32. The van der Waals surface area contributed by atoms with Crippen LogP contribution in [0.5, 0.6) is 17.2 Å². The molecule has 0 heterocycles. The van der Waals surface area contributed by atoms with Crippen molar-refractivity contribution in [1.29, 1.82) is 0 Å². The Morgan fingerprint density at radius 1 is 0.833 bits per heavy atom. The molecular weight excluding hydrogens is 386 g/mol. The molecule has 0 aliphatic carbocycles. The van der Waals surface area contributed by atoms with Crippen LogP contribution in [-0.2, 0) is 0 Å². The molecule has 1 rings (SSSR count). The molecule has 1 aromatic carbocycles. The highest BCUT2D eigenvalue weighted by Gasteiger charge is 2.17. The van der Waals surface area contributed by atoms with Gasteiger partial charge in [-0.2, -0.15) is 0 Å². The van der Waals surface area contributed by atoms with Crippen LogP contribution in [0.2, 0.25) is 0 Å². The molecule has 0 atom stereocenters. The van der Waals surface area contributed by atoms with Crippen molar-refractivity contribution in [2.45, 2.75) is 6.92 Å². The highest BCUT2D eigenvalue weighted by atomic mass is 127. The fourth-order valence-electron chi connectivity index (χ4n) is 0.772. The number of phenols is 3. The first-order chi connectivity index (χ1) is 5.46. The highest BCUT2D eigenvalue weighted by Crippen LogP contribution is 2.43. The second-order valence-corrected chi connectivity index (χ2v) is 4.46. The monoisotopic (exact) mass is 392 g/mol. The van der Waals surface area contributed by atoms with Gasteiger partial charge in [-0.1, -0.05) is 0 Å². The minimum atomic E-state index is -0.450. The lowest BCUT2D eigenvalue weighted by Gasteiger charge is -2.08. The largest absolute Gasteiger partial charge is 0.503 e. The van der Waals surface area contributed by atoms with Crippen LogP contribution in [0.3, 0.4) is 0 Å². The zero-order chi connectivity index (χ0) is 9.46. The summed E-state index contributed by atoms with van der Waals surface area (Å²) < 4.78 is 1.12. The average molecular weight is 392 g/mol. The molecule has 0 aliphatic heterocycles. The van der Waals surface area contributed by atoms with Gasteiger partial charge in [0.15, 0.2) is 11.5 Å². The molecule has 0 fully saturated rings. The third-order valence-corrected chi connectivity index (χ3v) is 4.16. The van der Waals surface area contributed by atoms with E-state index in [9.17, 15) is 15.3 Å². The molecule has 66 valence electrons. The van der Waals surface area contributed by atoms with Gasteiger partial charge in [0.25, 0.3) is 0 Å². The molecule has 5 heteroatoms. The van der Waals surface area contributed by atoms with Crippen LogP contribution in [0.15, 0.2) is 0 Å². The van der Waals surface area contributed by atoms with Crippen molar-refractivity contribution >= 4 is 45.2 Å². The molecule has 0 aromatic heterocycles. The predicted molar refractivity (Wildman–Crippen MR) is 61.6 cm³/mol. The highest BCUT2D eigenvalue weighted by molar-refractivity contribution is 14.1. The van der Waals surface area contributed by atoms with Crippen LogP contribution in [0.4, 0.5) is 0 Å². The summed E-state index contributed by atoms with van der Waals surface area (Å²) in [5, 5.41) is 27.7. The van der Waals surface area contributed by atoms with Crippen molar-refractivity contribution in [2.75, 3.05) is 0 Å². The van der Waals surface area contributed by atoms with Gasteiger partial charge in [0.2, 0.25) is 5.75 Å². The maximum Gasteiger partial charge on any atom is 0.202 e. The van der Waals surface area contributed by atoms with Gasteiger partial charge in [0.05, 0.1) is 7.14 Å². The summed E-state index contributed by atoms with van der Waals surface area (Å²) in [5.74, 6) is -0.966. The van der Waals surface area contributed by atoms with Crippen molar-refractivity contribution in [3.05, 3.63) is 12.7 Å². The van der Waals surface area contributed by atoms with Gasteiger partial charge in [0, 0.05) is 0 Å². The maximum absolute atomic E-state index is 9.27. The van der Waals surface area contributed by atoms with Gasteiger partial charge in [0.1, 0.15) is 0 Å². The Morgan fingerprint density at radius 3 is 1.50 bits per heavy atom. The molecule has 3 nitrogen and oxygen atoms in total. The number of aromatic hydroxyl groups is 3. The minimum Gasteiger partial charge on any atom is -0.503 e. The molecule has 0 bridgehead atoms. The van der Waals surface area contributed by atoms with Gasteiger partial charge in [-0.15, -0.1) is 0 Å². The Balaban J connectivity index is 3.60. The zero-order valence-electron chi connectivity index (χ0n) is 6.10. The Bertz CT molecular complexity index is 231. The van der Waals surface area contributed by atoms with Crippen molar-refractivity contribution < 1.29 is 15.3 Å². The lowest BCUT2D eigenvalue weighted by atomic mass is 10.2. The Morgan fingerprint density at radius 2 is 1.17 bits per heavy atom. The van der Waals surface area contributed by atoms with E-state index in [2.05, 4.69) is 0 Å².